The number of β-amino-alcohol motifs (C(OH)–C–C–N with tert-alkyl or cyclic N) is 1. The van der Waals surface area contributed by atoms with Crippen molar-refractivity contribution < 1.29 is 14.6 Å². The predicted molar refractivity (Wildman–Crippen MR) is 76.5 cm³/mol. The van der Waals surface area contributed by atoms with Gasteiger partial charge in [-0.25, -0.2) is 0 Å². The molecule has 0 saturated carbocycles. The Balaban J connectivity index is 1.87. The largest absolute Gasteiger partial charge is 0.392 e. The van der Waals surface area contributed by atoms with Gasteiger partial charge in [0.15, 0.2) is 0 Å². The third-order valence-electron chi connectivity index (χ3n) is 4.38. The number of carbonyl (C=O) groups is 1. The number of piperazine rings is 1. The van der Waals surface area contributed by atoms with E-state index in [4.69, 9.17) is 4.74 Å². The molecule has 2 rings (SSSR count). The van der Waals surface area contributed by atoms with E-state index in [1.807, 2.05) is 4.90 Å². The predicted octanol–water partition coefficient (Wildman–Crippen LogP) is -0.722. The van der Waals surface area contributed by atoms with Gasteiger partial charge < -0.3 is 20.1 Å². The average Bonchev–Trinajstić information content (AvgIpc) is 2.90. The zero-order valence-electron chi connectivity index (χ0n) is 12.5. The molecule has 116 valence electrons. The maximum absolute atomic E-state index is 12.4. The number of aliphatic hydroxyl groups is 1. The topological polar surface area (TPSA) is 65.0 Å². The Kier molecular flexibility index (Phi) is 5.77. The van der Waals surface area contributed by atoms with E-state index in [1.165, 1.54) is 0 Å². The lowest BCUT2D eigenvalue weighted by Gasteiger charge is -2.41. The summed E-state index contributed by atoms with van der Waals surface area (Å²) in [6.45, 7) is 6.82. The molecule has 2 heterocycles. The molecule has 2 aliphatic rings. The lowest BCUT2D eigenvalue weighted by atomic mass is 10.1. The number of nitrogens with one attached hydrogen (secondary N) is 1. The molecule has 2 N–H and O–H groups in total. The van der Waals surface area contributed by atoms with Crippen LogP contribution in [0, 0.1) is 0 Å². The van der Waals surface area contributed by atoms with Gasteiger partial charge in [0.05, 0.1) is 18.8 Å². The zero-order chi connectivity index (χ0) is 14.5. The molecule has 0 aromatic heterocycles. The molecule has 3 atom stereocenters. The van der Waals surface area contributed by atoms with E-state index in [1.54, 1.807) is 7.11 Å². The van der Waals surface area contributed by atoms with Gasteiger partial charge in [0, 0.05) is 45.9 Å². The van der Waals surface area contributed by atoms with E-state index in [-0.39, 0.29) is 18.1 Å². The highest BCUT2D eigenvalue weighted by Crippen LogP contribution is 2.16. The molecule has 0 aromatic carbocycles. The van der Waals surface area contributed by atoms with Crippen LogP contribution in [0.1, 0.15) is 19.8 Å². The fourth-order valence-corrected chi connectivity index (χ4v) is 3.11. The number of hydrogen-bond acceptors (Lipinski definition) is 5. The Morgan fingerprint density at radius 2 is 2.25 bits per heavy atom. The summed E-state index contributed by atoms with van der Waals surface area (Å²) < 4.78 is 5.14. The average molecular weight is 285 g/mol. The standard InChI is InChI=1S/C14H27N3O3/c1-3-11-10-17(5-4-16(11)6-7-20-2)14(19)13-8-12(18)9-15-13/h11-13,15,18H,3-10H2,1-2H3. The van der Waals surface area contributed by atoms with Gasteiger partial charge >= 0.3 is 0 Å². The zero-order valence-corrected chi connectivity index (χ0v) is 12.5. The molecular formula is C14H27N3O3. The molecule has 0 aliphatic carbocycles. The molecule has 1 amide bonds. The second-order valence-corrected chi connectivity index (χ2v) is 5.73. The number of amides is 1. The number of methoxy groups -OCH3 is 1. The van der Waals surface area contributed by atoms with Crippen molar-refractivity contribution in [2.24, 2.45) is 0 Å². The summed E-state index contributed by atoms with van der Waals surface area (Å²) in [7, 11) is 1.72. The Hall–Kier alpha value is -0.690. The van der Waals surface area contributed by atoms with Crippen molar-refractivity contribution >= 4 is 5.91 Å². The number of aliphatic hydroxyl groups excluding tert-OH is 1. The summed E-state index contributed by atoms with van der Waals surface area (Å²) in [5.41, 5.74) is 0. The number of rotatable bonds is 5. The molecule has 0 spiro atoms. The molecule has 6 heteroatoms. The highest BCUT2D eigenvalue weighted by Gasteiger charge is 2.34. The summed E-state index contributed by atoms with van der Waals surface area (Å²) in [6, 6.07) is 0.210. The first kappa shape index (κ1) is 15.7. The molecule has 20 heavy (non-hydrogen) atoms. The van der Waals surface area contributed by atoms with Gasteiger partial charge in [-0.05, 0) is 12.8 Å². The molecular weight excluding hydrogens is 258 g/mol. The molecule has 0 radical (unpaired) electrons. The molecule has 3 unspecified atom stereocenters. The van der Waals surface area contributed by atoms with Crippen molar-refractivity contribution in [3.8, 4) is 0 Å². The normalized spacial score (nSPS) is 31.8. The molecule has 0 bridgehead atoms. The minimum absolute atomic E-state index is 0.145. The quantitative estimate of drug-likeness (QED) is 0.698. The summed E-state index contributed by atoms with van der Waals surface area (Å²) in [5, 5.41) is 12.6. The fraction of sp³-hybridized carbons (Fsp3) is 0.929. The van der Waals surface area contributed by atoms with Crippen LogP contribution < -0.4 is 5.32 Å². The molecule has 0 aromatic rings. The Morgan fingerprint density at radius 1 is 1.45 bits per heavy atom. The first-order valence-corrected chi connectivity index (χ1v) is 7.59. The third kappa shape index (κ3) is 3.69. The second-order valence-electron chi connectivity index (χ2n) is 5.73. The molecule has 2 fully saturated rings. The lowest BCUT2D eigenvalue weighted by Crippen LogP contribution is -2.57. The number of carbonyl (C=O) groups excluding carboxylic acids is 1. The van der Waals surface area contributed by atoms with Crippen LogP contribution in [0.15, 0.2) is 0 Å². The summed E-state index contributed by atoms with van der Waals surface area (Å²) in [6.07, 6.45) is 1.20. The van der Waals surface area contributed by atoms with Gasteiger partial charge in [0.2, 0.25) is 5.91 Å². The van der Waals surface area contributed by atoms with Crippen molar-refractivity contribution in [1.29, 1.82) is 0 Å². The van der Waals surface area contributed by atoms with Crippen LogP contribution in [0.5, 0.6) is 0 Å². The van der Waals surface area contributed by atoms with Gasteiger partial charge in [-0.3, -0.25) is 9.69 Å². The van der Waals surface area contributed by atoms with Crippen LogP contribution >= 0.6 is 0 Å². The lowest BCUT2D eigenvalue weighted by molar-refractivity contribution is -0.136. The van der Waals surface area contributed by atoms with Crippen LogP contribution in [0.4, 0.5) is 0 Å². The van der Waals surface area contributed by atoms with E-state index >= 15 is 0 Å². The van der Waals surface area contributed by atoms with Crippen molar-refractivity contribution in [2.45, 2.75) is 38.0 Å². The molecule has 6 nitrogen and oxygen atoms in total. The monoisotopic (exact) mass is 285 g/mol. The van der Waals surface area contributed by atoms with E-state index in [0.29, 0.717) is 19.0 Å². The van der Waals surface area contributed by atoms with Gasteiger partial charge in [0.1, 0.15) is 0 Å². The van der Waals surface area contributed by atoms with Crippen molar-refractivity contribution in [3.05, 3.63) is 0 Å². The van der Waals surface area contributed by atoms with E-state index in [9.17, 15) is 9.90 Å². The first-order chi connectivity index (χ1) is 9.65. The van der Waals surface area contributed by atoms with Gasteiger partial charge in [-0.15, -0.1) is 0 Å². The van der Waals surface area contributed by atoms with Crippen LogP contribution in [-0.2, 0) is 9.53 Å². The number of hydrogen-bond donors (Lipinski definition) is 2. The Bertz CT molecular complexity index is 327. The minimum Gasteiger partial charge on any atom is -0.392 e. The van der Waals surface area contributed by atoms with Crippen molar-refractivity contribution in [1.82, 2.24) is 15.1 Å². The van der Waals surface area contributed by atoms with E-state index in [0.717, 1.165) is 39.2 Å². The summed E-state index contributed by atoms with van der Waals surface area (Å²) in [4.78, 5) is 16.8. The number of nitrogens with zero attached hydrogens (tertiary/aromatic N) is 2. The first-order valence-electron chi connectivity index (χ1n) is 7.59. The third-order valence-corrected chi connectivity index (χ3v) is 4.38. The maximum atomic E-state index is 12.4. The van der Waals surface area contributed by atoms with Crippen molar-refractivity contribution in [2.75, 3.05) is 46.4 Å². The van der Waals surface area contributed by atoms with Gasteiger partial charge in [0.25, 0.3) is 0 Å². The Labute approximate surface area is 121 Å². The van der Waals surface area contributed by atoms with Crippen LogP contribution in [0.25, 0.3) is 0 Å². The van der Waals surface area contributed by atoms with Crippen molar-refractivity contribution in [3.63, 3.8) is 0 Å². The van der Waals surface area contributed by atoms with Crippen LogP contribution in [-0.4, -0.2) is 85.4 Å². The summed E-state index contributed by atoms with van der Waals surface area (Å²) >= 11 is 0. The molecule has 2 saturated heterocycles. The second kappa shape index (κ2) is 7.36. The SMILES string of the molecule is CCC1CN(C(=O)C2CC(O)CN2)CCN1CCOC. The smallest absolute Gasteiger partial charge is 0.239 e. The van der Waals surface area contributed by atoms with Crippen LogP contribution in [0.3, 0.4) is 0 Å². The Morgan fingerprint density at radius 3 is 2.85 bits per heavy atom. The van der Waals surface area contributed by atoms with Gasteiger partial charge in [-0.1, -0.05) is 6.92 Å². The minimum atomic E-state index is -0.381. The highest BCUT2D eigenvalue weighted by atomic mass is 16.5. The highest BCUT2D eigenvalue weighted by molar-refractivity contribution is 5.82. The van der Waals surface area contributed by atoms with Crippen LogP contribution in [0.2, 0.25) is 0 Å². The fourth-order valence-electron chi connectivity index (χ4n) is 3.11. The number of ether oxygens (including phenoxy) is 1. The van der Waals surface area contributed by atoms with E-state index < -0.39 is 0 Å². The van der Waals surface area contributed by atoms with Gasteiger partial charge in [-0.2, -0.15) is 0 Å². The molecule has 2 aliphatic heterocycles. The summed E-state index contributed by atoms with van der Waals surface area (Å²) in [5.74, 6) is 0.145. The maximum Gasteiger partial charge on any atom is 0.239 e. The van der Waals surface area contributed by atoms with E-state index in [2.05, 4.69) is 17.1 Å².